The van der Waals surface area contributed by atoms with Crippen LogP contribution in [0.5, 0.6) is 0 Å². The van der Waals surface area contributed by atoms with Gasteiger partial charge in [0.25, 0.3) is 0 Å². The van der Waals surface area contributed by atoms with Crippen molar-refractivity contribution in [2.24, 2.45) is 17.8 Å². The Bertz CT molecular complexity index is 1210. The van der Waals surface area contributed by atoms with Crippen LogP contribution in [0.3, 0.4) is 0 Å². The molecule has 0 N–H and O–H groups in total. The Kier molecular flexibility index (Phi) is 61.0. The van der Waals surface area contributed by atoms with Crippen molar-refractivity contribution in [3.63, 3.8) is 0 Å². The molecule has 0 fully saturated rings. The number of thiocarbonyl (C=S) groups is 3. The Morgan fingerprint density at radius 2 is 0.494 bits per heavy atom. The second-order valence-electron chi connectivity index (χ2n) is 25.0. The fraction of sp³-hybridized carbons (Fsp3) is 0.943. The van der Waals surface area contributed by atoms with E-state index in [0.717, 1.165) is 51.4 Å². The van der Waals surface area contributed by atoms with Crippen molar-refractivity contribution in [1.29, 1.82) is 0 Å². The van der Waals surface area contributed by atoms with Gasteiger partial charge in [0, 0.05) is 0 Å². The minimum atomic E-state index is -4.83. The molecule has 0 bridgehead atoms. The second kappa shape index (κ2) is 61.0. The van der Waals surface area contributed by atoms with Crippen LogP contribution >= 0.6 is 36.7 Å². The van der Waals surface area contributed by atoms with Crippen molar-refractivity contribution >= 4 is 77.4 Å². The summed E-state index contributed by atoms with van der Waals surface area (Å²) in [5.74, 6) is -0.104. The zero-order valence-electron chi connectivity index (χ0n) is 54.1. The number of ether oxygens (including phenoxy) is 1. The van der Waals surface area contributed by atoms with E-state index in [2.05, 4.69) is 48.5 Å². The molecule has 0 spiro atoms. The number of carbonyl (C=O) groups excluding carboxylic acids is 1. The van der Waals surface area contributed by atoms with E-state index in [-0.39, 0.29) is 30.1 Å². The summed E-state index contributed by atoms with van der Waals surface area (Å²) >= 11 is 13.6. The summed E-state index contributed by atoms with van der Waals surface area (Å²) in [5, 5.41) is 1.58. The molecule has 5 nitrogen and oxygen atoms in total. The topological polar surface area (TPSA) is 54.0 Å². The second-order valence-corrected chi connectivity index (χ2v) is 33.3. The molecule has 0 heterocycles. The summed E-state index contributed by atoms with van der Waals surface area (Å²) in [5.41, 5.74) is 0. The first-order valence-electron chi connectivity index (χ1n) is 35.4. The maximum atomic E-state index is 13.3. The number of hydrogen-bond donors (Lipinski definition) is 0. The predicted molar refractivity (Wildman–Crippen MR) is 362 cm³/mol. The van der Waals surface area contributed by atoms with Crippen LogP contribution in [0.2, 0.25) is 4.44 Å². The van der Waals surface area contributed by atoms with Crippen molar-refractivity contribution in [3.05, 3.63) is 0 Å². The van der Waals surface area contributed by atoms with Crippen molar-refractivity contribution in [3.8, 4) is 0 Å². The van der Waals surface area contributed by atoms with Gasteiger partial charge in [0.05, 0.1) is 0 Å². The summed E-state index contributed by atoms with van der Waals surface area (Å²) in [6.07, 6.45) is 69.8. The molecule has 9 heteroatoms. The number of rotatable bonds is 63. The average molecular weight is 1270 g/mol. The molecule has 0 aliphatic carbocycles. The van der Waals surface area contributed by atoms with E-state index in [0.29, 0.717) is 26.2 Å². The Balaban J connectivity index is 5.44. The maximum absolute atomic E-state index is 13.3. The summed E-state index contributed by atoms with van der Waals surface area (Å²) in [4.78, 5) is 13.3. The molecule has 0 aromatic heterocycles. The smallest absolute Gasteiger partial charge is 0.0654 e. The molecule has 0 aliphatic rings. The summed E-state index contributed by atoms with van der Waals surface area (Å²) < 4.78 is 26.9. The third kappa shape index (κ3) is 53.2. The first kappa shape index (κ1) is 78.9. The monoisotopic (exact) mass is 1270 g/mol. The molecular formula is C70H136O5S3Sn. The van der Waals surface area contributed by atoms with E-state index in [9.17, 15) is 4.79 Å². The molecule has 468 valence electrons. The molecule has 0 aromatic rings. The molecule has 0 radical (unpaired) electrons. The molecule has 0 aliphatic heterocycles. The van der Waals surface area contributed by atoms with Gasteiger partial charge in [-0.1, -0.05) is 175 Å². The van der Waals surface area contributed by atoms with Crippen LogP contribution < -0.4 is 0 Å². The van der Waals surface area contributed by atoms with Crippen LogP contribution in [0.15, 0.2) is 0 Å². The molecule has 0 saturated heterocycles. The van der Waals surface area contributed by atoms with Gasteiger partial charge in [-0.25, -0.2) is 0 Å². The Hall–Kier alpha value is -0.0613. The molecule has 3 atom stereocenters. The zero-order chi connectivity index (χ0) is 58.0. The summed E-state index contributed by atoms with van der Waals surface area (Å²) in [6, 6.07) is 0. The minimum absolute atomic E-state index is 0.0497. The van der Waals surface area contributed by atoms with Gasteiger partial charge in [0.1, 0.15) is 0 Å². The van der Waals surface area contributed by atoms with E-state index in [4.69, 9.17) is 50.6 Å². The van der Waals surface area contributed by atoms with Crippen molar-refractivity contribution in [1.82, 2.24) is 0 Å². The minimum Gasteiger partial charge on any atom is -0.0654 e. The molecule has 0 saturated carbocycles. The number of unbranched alkanes of at least 4 members (excludes halogenated alkanes) is 46. The van der Waals surface area contributed by atoms with Crippen molar-refractivity contribution in [2.75, 3.05) is 6.61 Å². The SMILES string of the molecule is CCCCCCCCCCCCCCCCCCC(C)C(=S)[O][Sn]([CH2]CC(=O)OCCCC)([O]C(=S)C(C)CCCCCCCCCCCCCCCCCC)[O]C(=S)C(C)CCCCCCCCCCCCCCCCCC. The van der Waals surface area contributed by atoms with Crippen LogP contribution in [0.25, 0.3) is 0 Å². The van der Waals surface area contributed by atoms with Crippen molar-refractivity contribution in [2.45, 2.75) is 400 Å². The van der Waals surface area contributed by atoms with Crippen LogP contribution in [-0.4, -0.2) is 47.3 Å². The van der Waals surface area contributed by atoms with Gasteiger partial charge in [-0.15, -0.1) is 0 Å². The van der Waals surface area contributed by atoms with Gasteiger partial charge in [0.2, 0.25) is 0 Å². The fourth-order valence-corrected chi connectivity index (χ4v) is 20.9. The summed E-state index contributed by atoms with van der Waals surface area (Å²) in [6.45, 7) is 16.0. The van der Waals surface area contributed by atoms with Crippen LogP contribution in [0, 0.1) is 17.8 Å². The molecule has 0 aromatic carbocycles. The standard InChI is InChI=1S/3C21H42OS.C7H13O2.Sn/c3*1-3-4-5-6-7-8-9-10-11-12-13-14-15-16-17-18-19-20(2)21(22)23;1-3-5-6-9-7(8)4-2;/h3*20H,3-19H2,1-2H3,(H,22,23);2-6H2,1H3;/q;;;;+3/p-3. The van der Waals surface area contributed by atoms with E-state index >= 15 is 0 Å². The van der Waals surface area contributed by atoms with Crippen LogP contribution in [0.1, 0.15) is 395 Å². The van der Waals surface area contributed by atoms with E-state index in [1.807, 2.05) is 0 Å². The van der Waals surface area contributed by atoms with E-state index < -0.39 is 19.6 Å². The number of esters is 1. The van der Waals surface area contributed by atoms with E-state index in [1.165, 1.54) is 289 Å². The fourth-order valence-electron chi connectivity index (χ4n) is 11.0. The van der Waals surface area contributed by atoms with Crippen molar-refractivity contribution < 1.29 is 18.8 Å². The van der Waals surface area contributed by atoms with Gasteiger partial charge in [0.15, 0.2) is 0 Å². The molecule has 79 heavy (non-hydrogen) atoms. The molecule has 0 rings (SSSR count). The first-order valence-corrected chi connectivity index (χ1v) is 42.1. The van der Waals surface area contributed by atoms with Gasteiger partial charge in [-0.3, -0.25) is 0 Å². The average Bonchev–Trinajstić information content (AvgIpc) is 3.44. The molecule has 3 unspecified atom stereocenters. The summed E-state index contributed by atoms with van der Waals surface area (Å²) in [7, 11) is 0. The third-order valence-corrected chi connectivity index (χ3v) is 26.6. The normalized spacial score (nSPS) is 13.5. The zero-order valence-corrected chi connectivity index (χ0v) is 59.4. The van der Waals surface area contributed by atoms with Gasteiger partial charge < -0.3 is 0 Å². The van der Waals surface area contributed by atoms with Crippen LogP contribution in [0.4, 0.5) is 0 Å². The molecule has 0 amide bonds. The first-order chi connectivity index (χ1) is 38.6. The number of carbonyl (C=O) groups is 1. The van der Waals surface area contributed by atoms with Crippen LogP contribution in [-0.2, 0) is 18.8 Å². The van der Waals surface area contributed by atoms with Gasteiger partial charge in [-0.05, 0) is 0 Å². The molecular weight excluding hydrogens is 1140 g/mol. The van der Waals surface area contributed by atoms with Gasteiger partial charge >= 0.3 is 345 Å². The third-order valence-electron chi connectivity index (χ3n) is 16.8. The quantitative estimate of drug-likeness (QED) is 0.0258. The Morgan fingerprint density at radius 1 is 0.304 bits per heavy atom. The van der Waals surface area contributed by atoms with Gasteiger partial charge in [-0.2, -0.15) is 0 Å². The predicted octanol–water partition coefficient (Wildman–Crippen LogP) is 25.6. The number of hydrogen-bond acceptors (Lipinski definition) is 8. The Morgan fingerprint density at radius 3 is 0.696 bits per heavy atom. The van der Waals surface area contributed by atoms with E-state index in [1.54, 1.807) is 0 Å². The Labute approximate surface area is 516 Å².